The topological polar surface area (TPSA) is 42.6 Å². The summed E-state index contributed by atoms with van der Waals surface area (Å²) in [6.07, 6.45) is 5.95. The van der Waals surface area contributed by atoms with Crippen molar-refractivity contribution in [3.8, 4) is 5.69 Å². The highest BCUT2D eigenvalue weighted by Crippen LogP contribution is 2.22. The number of rotatable bonds is 4. The third-order valence-corrected chi connectivity index (χ3v) is 6.51. The van der Waals surface area contributed by atoms with Gasteiger partial charge in [-0.25, -0.2) is 0 Å². The number of morpholine rings is 1. The number of piperidine rings is 1. The van der Waals surface area contributed by atoms with Gasteiger partial charge in [-0.05, 0) is 56.1 Å². The minimum Gasteiger partial charge on any atom is -0.378 e. The molecule has 1 aromatic heterocycles. The molecule has 6 nitrogen and oxygen atoms in total. The molecule has 0 N–H and O–H groups in total. The van der Waals surface area contributed by atoms with Gasteiger partial charge in [0.15, 0.2) is 4.77 Å². The first-order valence-electron chi connectivity index (χ1n) is 10.5. The molecule has 2 aliphatic rings. The molecule has 29 heavy (non-hydrogen) atoms. The SMILES string of the molecule is Cc1ccc(C)c(-n2ccn(CN3CCC(C(=O)N4CCOCC4)CC3)c2=S)c1. The number of aromatic nitrogens is 2. The molecule has 1 aromatic carbocycles. The van der Waals surface area contributed by atoms with Gasteiger partial charge in [-0.15, -0.1) is 0 Å². The van der Waals surface area contributed by atoms with Crippen molar-refractivity contribution in [3.05, 3.63) is 46.5 Å². The van der Waals surface area contributed by atoms with Crippen LogP contribution in [0.1, 0.15) is 24.0 Å². The van der Waals surface area contributed by atoms with Crippen LogP contribution in [0.4, 0.5) is 0 Å². The van der Waals surface area contributed by atoms with Crippen LogP contribution in [-0.4, -0.2) is 64.2 Å². The Bertz CT molecular complexity index is 921. The van der Waals surface area contributed by atoms with Gasteiger partial charge in [0, 0.05) is 44.5 Å². The van der Waals surface area contributed by atoms with Crippen molar-refractivity contribution in [3.63, 3.8) is 0 Å². The summed E-state index contributed by atoms with van der Waals surface area (Å²) in [6, 6.07) is 6.44. The highest BCUT2D eigenvalue weighted by atomic mass is 32.1. The van der Waals surface area contributed by atoms with Crippen molar-refractivity contribution in [2.45, 2.75) is 33.4 Å². The van der Waals surface area contributed by atoms with Crippen molar-refractivity contribution < 1.29 is 9.53 Å². The first-order valence-corrected chi connectivity index (χ1v) is 10.9. The number of ether oxygens (including phenoxy) is 1. The number of nitrogens with zero attached hydrogens (tertiary/aromatic N) is 4. The maximum Gasteiger partial charge on any atom is 0.225 e. The van der Waals surface area contributed by atoms with Gasteiger partial charge in [-0.1, -0.05) is 12.1 Å². The van der Waals surface area contributed by atoms with Gasteiger partial charge in [0.25, 0.3) is 0 Å². The van der Waals surface area contributed by atoms with Gasteiger partial charge in [0.1, 0.15) is 0 Å². The van der Waals surface area contributed by atoms with Crippen LogP contribution in [0.3, 0.4) is 0 Å². The second-order valence-electron chi connectivity index (χ2n) is 8.18. The van der Waals surface area contributed by atoms with E-state index < -0.39 is 0 Å². The molecule has 156 valence electrons. The van der Waals surface area contributed by atoms with Crippen LogP contribution in [0.2, 0.25) is 0 Å². The lowest BCUT2D eigenvalue weighted by Gasteiger charge is -2.35. The third kappa shape index (κ3) is 4.47. The normalized spacial score (nSPS) is 18.9. The lowest BCUT2D eigenvalue weighted by atomic mass is 9.95. The lowest BCUT2D eigenvalue weighted by molar-refractivity contribution is -0.141. The van der Waals surface area contributed by atoms with E-state index in [1.807, 2.05) is 4.90 Å². The van der Waals surface area contributed by atoms with Crippen LogP contribution in [0.25, 0.3) is 5.69 Å². The summed E-state index contributed by atoms with van der Waals surface area (Å²) in [5.74, 6) is 0.461. The predicted octanol–water partition coefficient (Wildman–Crippen LogP) is 3.15. The van der Waals surface area contributed by atoms with Crippen LogP contribution >= 0.6 is 12.2 Å². The van der Waals surface area contributed by atoms with E-state index in [-0.39, 0.29) is 5.92 Å². The molecule has 2 aliphatic heterocycles. The molecule has 0 radical (unpaired) electrons. The number of likely N-dealkylation sites (tertiary alicyclic amines) is 1. The minimum absolute atomic E-state index is 0.150. The average molecular weight is 415 g/mol. The standard InChI is InChI=1S/C22H30N4O2S/c1-17-3-4-18(2)20(15-17)26-10-9-25(22(26)29)16-23-7-5-19(6-8-23)21(27)24-11-13-28-14-12-24/h3-4,9-10,15,19H,5-8,11-14,16H2,1-2H3. The molecule has 7 heteroatoms. The van der Waals surface area contributed by atoms with Gasteiger partial charge >= 0.3 is 0 Å². The molecule has 4 rings (SSSR count). The summed E-state index contributed by atoms with van der Waals surface area (Å²) >= 11 is 5.76. The van der Waals surface area contributed by atoms with Gasteiger partial charge in [-0.3, -0.25) is 14.3 Å². The Hall–Kier alpha value is -1.96. The molecule has 0 atom stereocenters. The van der Waals surface area contributed by atoms with Gasteiger partial charge in [0.05, 0.1) is 25.6 Å². The predicted molar refractivity (Wildman–Crippen MR) is 116 cm³/mol. The van der Waals surface area contributed by atoms with Crippen LogP contribution in [-0.2, 0) is 16.2 Å². The summed E-state index contributed by atoms with van der Waals surface area (Å²) in [4.78, 5) is 17.1. The van der Waals surface area contributed by atoms with Crippen LogP contribution in [0, 0.1) is 24.5 Å². The van der Waals surface area contributed by atoms with Crippen molar-refractivity contribution >= 4 is 18.1 Å². The fourth-order valence-corrected chi connectivity index (χ4v) is 4.54. The van der Waals surface area contributed by atoms with Crippen molar-refractivity contribution in [2.24, 2.45) is 5.92 Å². The number of carbonyl (C=O) groups is 1. The summed E-state index contributed by atoms with van der Waals surface area (Å²) < 4.78 is 10.4. The maximum atomic E-state index is 12.7. The lowest BCUT2D eigenvalue weighted by Crippen LogP contribution is -2.46. The second-order valence-corrected chi connectivity index (χ2v) is 8.55. The van der Waals surface area contributed by atoms with E-state index in [2.05, 4.69) is 58.5 Å². The van der Waals surface area contributed by atoms with Crippen LogP contribution in [0.5, 0.6) is 0 Å². The molecule has 0 unspecified atom stereocenters. The Kier molecular flexibility index (Phi) is 6.18. The van der Waals surface area contributed by atoms with Crippen LogP contribution < -0.4 is 0 Å². The molecule has 0 spiro atoms. The molecular weight excluding hydrogens is 384 g/mol. The Morgan fingerprint density at radius 2 is 1.83 bits per heavy atom. The van der Waals surface area contributed by atoms with Gasteiger partial charge in [0.2, 0.25) is 5.91 Å². The van der Waals surface area contributed by atoms with E-state index >= 15 is 0 Å². The number of hydrogen-bond donors (Lipinski definition) is 0. The zero-order valence-electron chi connectivity index (χ0n) is 17.3. The van der Waals surface area contributed by atoms with Crippen LogP contribution in [0.15, 0.2) is 30.6 Å². The Morgan fingerprint density at radius 1 is 1.10 bits per heavy atom. The number of hydrogen-bond acceptors (Lipinski definition) is 4. The molecular formula is C22H30N4O2S. The Labute approximate surface area is 177 Å². The smallest absolute Gasteiger partial charge is 0.225 e. The summed E-state index contributed by atoms with van der Waals surface area (Å²) in [5.41, 5.74) is 3.59. The van der Waals surface area contributed by atoms with E-state index in [4.69, 9.17) is 17.0 Å². The van der Waals surface area contributed by atoms with Crippen molar-refractivity contribution in [1.82, 2.24) is 18.9 Å². The Morgan fingerprint density at radius 3 is 2.55 bits per heavy atom. The number of amides is 1. The van der Waals surface area contributed by atoms with E-state index in [0.717, 1.165) is 56.1 Å². The van der Waals surface area contributed by atoms with E-state index in [9.17, 15) is 4.79 Å². The molecule has 2 aromatic rings. The molecule has 3 heterocycles. The fourth-order valence-electron chi connectivity index (χ4n) is 4.26. The van der Waals surface area contributed by atoms with Gasteiger partial charge < -0.3 is 14.2 Å². The fraction of sp³-hybridized carbons (Fsp3) is 0.545. The zero-order valence-corrected chi connectivity index (χ0v) is 18.2. The second kappa shape index (κ2) is 8.81. The minimum atomic E-state index is 0.150. The number of imidazole rings is 1. The quantitative estimate of drug-likeness (QED) is 0.721. The summed E-state index contributed by atoms with van der Waals surface area (Å²) in [7, 11) is 0. The highest BCUT2D eigenvalue weighted by Gasteiger charge is 2.29. The first kappa shape index (κ1) is 20.3. The third-order valence-electron chi connectivity index (χ3n) is 6.08. The van der Waals surface area contributed by atoms with Crippen molar-refractivity contribution in [1.29, 1.82) is 0 Å². The van der Waals surface area contributed by atoms with E-state index in [0.29, 0.717) is 19.1 Å². The highest BCUT2D eigenvalue weighted by molar-refractivity contribution is 7.71. The molecule has 1 amide bonds. The van der Waals surface area contributed by atoms with E-state index in [1.54, 1.807) is 0 Å². The molecule has 0 bridgehead atoms. The van der Waals surface area contributed by atoms with Gasteiger partial charge in [-0.2, -0.15) is 0 Å². The molecule has 2 saturated heterocycles. The first-order chi connectivity index (χ1) is 14.0. The zero-order chi connectivity index (χ0) is 20.4. The molecule has 0 saturated carbocycles. The average Bonchev–Trinajstić information content (AvgIpc) is 3.10. The summed E-state index contributed by atoms with van der Waals surface area (Å²) in [5, 5.41) is 0. The van der Waals surface area contributed by atoms with E-state index in [1.165, 1.54) is 11.1 Å². The number of aryl methyl sites for hydroxylation is 2. The molecule has 0 aliphatic carbocycles. The number of carbonyl (C=O) groups excluding carboxylic acids is 1. The Balaban J connectivity index is 1.38. The van der Waals surface area contributed by atoms with Crippen molar-refractivity contribution in [2.75, 3.05) is 39.4 Å². The number of benzene rings is 1. The molecule has 2 fully saturated rings. The largest absolute Gasteiger partial charge is 0.378 e. The summed E-state index contributed by atoms with van der Waals surface area (Å²) in [6.45, 7) is 9.65. The maximum absolute atomic E-state index is 12.7. The monoisotopic (exact) mass is 414 g/mol.